The molecule has 1 amide bonds. The lowest BCUT2D eigenvalue weighted by Crippen LogP contribution is -2.54. The van der Waals surface area contributed by atoms with Crippen LogP contribution in [-0.2, 0) is 9.59 Å². The number of nitrogens with one attached hydrogen (secondary N) is 2. The second kappa shape index (κ2) is 3.96. The highest BCUT2D eigenvalue weighted by Gasteiger charge is 2.36. The topological polar surface area (TPSA) is 78.4 Å². The SMILES string of the molecule is C[C@H](NC(=O)C1(C)CCCN1)C(=O)O. The predicted octanol–water partition coefficient (Wildman–Crippen LogP) is -0.282. The third kappa shape index (κ3) is 2.23. The van der Waals surface area contributed by atoms with E-state index < -0.39 is 17.6 Å². The van der Waals surface area contributed by atoms with E-state index in [9.17, 15) is 9.59 Å². The molecule has 1 rings (SSSR count). The predicted molar refractivity (Wildman–Crippen MR) is 50.9 cm³/mol. The lowest BCUT2D eigenvalue weighted by Gasteiger charge is -2.24. The van der Waals surface area contributed by atoms with Crippen molar-refractivity contribution < 1.29 is 14.7 Å². The third-order valence-corrected chi connectivity index (χ3v) is 2.59. The van der Waals surface area contributed by atoms with Gasteiger partial charge in [-0.1, -0.05) is 0 Å². The van der Waals surface area contributed by atoms with Gasteiger partial charge in [-0.2, -0.15) is 0 Å². The molecule has 80 valence electrons. The van der Waals surface area contributed by atoms with Gasteiger partial charge >= 0.3 is 5.97 Å². The van der Waals surface area contributed by atoms with Crippen molar-refractivity contribution in [3.05, 3.63) is 0 Å². The van der Waals surface area contributed by atoms with Gasteiger partial charge in [0.1, 0.15) is 6.04 Å². The van der Waals surface area contributed by atoms with Crippen LogP contribution in [0, 0.1) is 0 Å². The van der Waals surface area contributed by atoms with Crippen LogP contribution in [0.4, 0.5) is 0 Å². The molecule has 3 N–H and O–H groups in total. The Hall–Kier alpha value is -1.10. The maximum Gasteiger partial charge on any atom is 0.325 e. The molecule has 0 saturated carbocycles. The lowest BCUT2D eigenvalue weighted by atomic mass is 9.99. The maximum atomic E-state index is 11.6. The average Bonchev–Trinajstić information content (AvgIpc) is 2.53. The molecule has 0 radical (unpaired) electrons. The Morgan fingerprint density at radius 1 is 1.57 bits per heavy atom. The van der Waals surface area contributed by atoms with E-state index in [1.54, 1.807) is 6.92 Å². The van der Waals surface area contributed by atoms with Crippen molar-refractivity contribution in [3.8, 4) is 0 Å². The molecule has 1 aliphatic rings. The first-order chi connectivity index (χ1) is 6.46. The summed E-state index contributed by atoms with van der Waals surface area (Å²) in [5.41, 5.74) is -0.594. The summed E-state index contributed by atoms with van der Waals surface area (Å²) in [6.45, 7) is 4.06. The van der Waals surface area contributed by atoms with Gasteiger partial charge in [-0.3, -0.25) is 9.59 Å². The molecule has 1 fully saturated rings. The van der Waals surface area contributed by atoms with Crippen molar-refractivity contribution in [2.75, 3.05) is 6.54 Å². The summed E-state index contributed by atoms with van der Waals surface area (Å²) >= 11 is 0. The molecule has 2 atom stereocenters. The second-order valence-corrected chi connectivity index (χ2v) is 3.90. The molecule has 1 heterocycles. The van der Waals surface area contributed by atoms with E-state index in [1.807, 2.05) is 0 Å². The first-order valence-corrected chi connectivity index (χ1v) is 4.74. The maximum absolute atomic E-state index is 11.6. The fourth-order valence-electron chi connectivity index (χ4n) is 1.51. The average molecular weight is 200 g/mol. The molecule has 14 heavy (non-hydrogen) atoms. The number of rotatable bonds is 3. The van der Waals surface area contributed by atoms with E-state index in [-0.39, 0.29) is 5.91 Å². The Balaban J connectivity index is 2.53. The number of carbonyl (C=O) groups is 2. The van der Waals surface area contributed by atoms with E-state index in [1.165, 1.54) is 6.92 Å². The van der Waals surface area contributed by atoms with Crippen molar-refractivity contribution in [1.29, 1.82) is 0 Å². The molecule has 0 spiro atoms. The summed E-state index contributed by atoms with van der Waals surface area (Å²) in [4.78, 5) is 22.2. The standard InChI is InChI=1S/C9H16N2O3/c1-6(7(12)13)11-8(14)9(2)4-3-5-10-9/h6,10H,3-5H2,1-2H3,(H,11,14)(H,12,13)/t6-,9?/m0/s1. The largest absolute Gasteiger partial charge is 0.480 e. The normalized spacial score (nSPS) is 28.4. The summed E-state index contributed by atoms with van der Waals surface area (Å²) in [6.07, 6.45) is 1.70. The number of amides is 1. The molecule has 5 heteroatoms. The highest BCUT2D eigenvalue weighted by Crippen LogP contribution is 2.18. The van der Waals surface area contributed by atoms with Gasteiger partial charge < -0.3 is 15.7 Å². The van der Waals surface area contributed by atoms with E-state index in [4.69, 9.17) is 5.11 Å². The van der Waals surface area contributed by atoms with Crippen LogP contribution in [0.3, 0.4) is 0 Å². The van der Waals surface area contributed by atoms with E-state index in [0.29, 0.717) is 0 Å². The van der Waals surface area contributed by atoms with Crippen molar-refractivity contribution in [2.45, 2.75) is 38.3 Å². The van der Waals surface area contributed by atoms with Gasteiger partial charge in [0.15, 0.2) is 0 Å². The fourth-order valence-corrected chi connectivity index (χ4v) is 1.51. The third-order valence-electron chi connectivity index (χ3n) is 2.59. The van der Waals surface area contributed by atoms with E-state index in [0.717, 1.165) is 19.4 Å². The number of hydrogen-bond donors (Lipinski definition) is 3. The molecule has 0 bridgehead atoms. The minimum Gasteiger partial charge on any atom is -0.480 e. The lowest BCUT2D eigenvalue weighted by molar-refractivity contribution is -0.142. The van der Waals surface area contributed by atoms with Crippen LogP contribution in [0.1, 0.15) is 26.7 Å². The number of aliphatic carboxylic acids is 1. The molecular weight excluding hydrogens is 184 g/mol. The zero-order chi connectivity index (χ0) is 10.8. The monoisotopic (exact) mass is 200 g/mol. The molecule has 0 aliphatic carbocycles. The van der Waals surface area contributed by atoms with Gasteiger partial charge in [0.25, 0.3) is 0 Å². The molecule has 0 aromatic rings. The highest BCUT2D eigenvalue weighted by atomic mass is 16.4. The summed E-state index contributed by atoms with van der Waals surface area (Å²) < 4.78 is 0. The van der Waals surface area contributed by atoms with Crippen LogP contribution in [-0.4, -0.2) is 35.1 Å². The Kier molecular flexibility index (Phi) is 3.10. The number of hydrogen-bond acceptors (Lipinski definition) is 3. The van der Waals surface area contributed by atoms with Crippen LogP contribution in [0.5, 0.6) is 0 Å². The summed E-state index contributed by atoms with van der Waals surface area (Å²) in [7, 11) is 0. The minimum atomic E-state index is -1.01. The first-order valence-electron chi connectivity index (χ1n) is 4.74. The Morgan fingerprint density at radius 3 is 2.64 bits per heavy atom. The van der Waals surface area contributed by atoms with Gasteiger partial charge in [-0.15, -0.1) is 0 Å². The van der Waals surface area contributed by atoms with Gasteiger partial charge in [-0.25, -0.2) is 0 Å². The highest BCUT2D eigenvalue weighted by molar-refractivity contribution is 5.89. The number of carboxylic acids is 1. The Labute approximate surface area is 82.9 Å². The molecule has 1 saturated heterocycles. The van der Waals surface area contributed by atoms with Gasteiger partial charge in [-0.05, 0) is 33.2 Å². The summed E-state index contributed by atoms with van der Waals surface area (Å²) in [5.74, 6) is -1.25. The van der Waals surface area contributed by atoms with Crippen LogP contribution < -0.4 is 10.6 Å². The van der Waals surface area contributed by atoms with E-state index >= 15 is 0 Å². The molecule has 0 aromatic heterocycles. The van der Waals surface area contributed by atoms with Crippen molar-refractivity contribution in [3.63, 3.8) is 0 Å². The number of carboxylic acid groups (broad SMARTS) is 1. The summed E-state index contributed by atoms with van der Waals surface area (Å²) in [5, 5.41) is 14.2. The molecule has 0 aromatic carbocycles. The first kappa shape index (κ1) is 11.0. The van der Waals surface area contributed by atoms with Gasteiger partial charge in [0.05, 0.1) is 5.54 Å². The van der Waals surface area contributed by atoms with Gasteiger partial charge in [0, 0.05) is 0 Å². The molecular formula is C9H16N2O3. The number of carbonyl (C=O) groups excluding carboxylic acids is 1. The van der Waals surface area contributed by atoms with Crippen LogP contribution in [0.15, 0.2) is 0 Å². The minimum absolute atomic E-state index is 0.232. The van der Waals surface area contributed by atoms with E-state index in [2.05, 4.69) is 10.6 Å². The zero-order valence-electron chi connectivity index (χ0n) is 8.46. The van der Waals surface area contributed by atoms with Crippen molar-refractivity contribution in [1.82, 2.24) is 10.6 Å². The zero-order valence-corrected chi connectivity index (χ0v) is 8.46. The van der Waals surface area contributed by atoms with Crippen LogP contribution >= 0.6 is 0 Å². The fraction of sp³-hybridized carbons (Fsp3) is 0.778. The Bertz CT molecular complexity index is 246. The summed E-state index contributed by atoms with van der Waals surface area (Å²) in [6, 6.07) is -0.832. The smallest absolute Gasteiger partial charge is 0.325 e. The van der Waals surface area contributed by atoms with Crippen molar-refractivity contribution >= 4 is 11.9 Å². The molecule has 5 nitrogen and oxygen atoms in total. The second-order valence-electron chi connectivity index (χ2n) is 3.90. The quantitative estimate of drug-likeness (QED) is 0.585. The van der Waals surface area contributed by atoms with Crippen LogP contribution in [0.2, 0.25) is 0 Å². The van der Waals surface area contributed by atoms with Gasteiger partial charge in [0.2, 0.25) is 5.91 Å². The van der Waals surface area contributed by atoms with Crippen molar-refractivity contribution in [2.24, 2.45) is 0 Å². The molecule has 1 unspecified atom stereocenters. The van der Waals surface area contributed by atoms with Crippen LogP contribution in [0.25, 0.3) is 0 Å². The molecule has 1 aliphatic heterocycles. The Morgan fingerprint density at radius 2 is 2.21 bits per heavy atom.